The van der Waals surface area contributed by atoms with Crippen LogP contribution in [0.2, 0.25) is 0 Å². The molecule has 1 aliphatic carbocycles. The number of thiol groups is 2. The highest BCUT2D eigenvalue weighted by Gasteiger charge is 2.25. The van der Waals surface area contributed by atoms with Gasteiger partial charge in [-0.25, -0.2) is 5.90 Å². The van der Waals surface area contributed by atoms with Crippen LogP contribution >= 0.6 is 31.0 Å². The molecule has 0 saturated heterocycles. The van der Waals surface area contributed by atoms with Crippen LogP contribution in [0.4, 0.5) is 5.69 Å². The molecular weight excluding hydrogens is 740 g/mol. The van der Waals surface area contributed by atoms with Crippen molar-refractivity contribution in [1.82, 2.24) is 20.9 Å². The zero-order valence-corrected chi connectivity index (χ0v) is 38.0. The van der Waals surface area contributed by atoms with E-state index in [1.165, 1.54) is 75.9 Å². The highest BCUT2D eigenvalue weighted by atomic mass is 32.7. The number of hydrogen-bond acceptors (Lipinski definition) is 10. The van der Waals surface area contributed by atoms with Crippen LogP contribution in [-0.4, -0.2) is 95.5 Å². The Morgan fingerprint density at radius 3 is 2.22 bits per heavy atom. The highest BCUT2D eigenvalue weighted by molar-refractivity contribution is 8.51. The van der Waals surface area contributed by atoms with Crippen molar-refractivity contribution >= 4 is 43.0 Å². The van der Waals surface area contributed by atoms with Gasteiger partial charge >= 0.3 is 0 Å². The summed E-state index contributed by atoms with van der Waals surface area (Å²) in [6, 6.07) is 8.99. The van der Waals surface area contributed by atoms with Gasteiger partial charge in [-0.1, -0.05) is 63.5 Å². The van der Waals surface area contributed by atoms with Gasteiger partial charge in [-0.3, -0.25) is 4.90 Å². The van der Waals surface area contributed by atoms with Crippen LogP contribution in [0.1, 0.15) is 89.5 Å². The minimum absolute atomic E-state index is 0.125. The fourth-order valence-corrected chi connectivity index (χ4v) is 9.07. The molecule has 55 heavy (non-hydrogen) atoms. The molecule has 1 fully saturated rings. The minimum atomic E-state index is -1.26. The highest BCUT2D eigenvalue weighted by Crippen LogP contribution is 2.50. The van der Waals surface area contributed by atoms with Gasteiger partial charge in [-0.15, -0.1) is 19.7 Å². The number of anilines is 1. The number of ether oxygens (including phenoxy) is 1. The van der Waals surface area contributed by atoms with Crippen molar-refractivity contribution in [2.75, 3.05) is 83.6 Å². The summed E-state index contributed by atoms with van der Waals surface area (Å²) >= 11 is 9.09. The second-order valence-electron chi connectivity index (χ2n) is 14.8. The van der Waals surface area contributed by atoms with E-state index < -0.39 is 6.09 Å². The lowest BCUT2D eigenvalue weighted by Crippen LogP contribution is -2.46. The van der Waals surface area contributed by atoms with E-state index in [1.807, 2.05) is 13.1 Å². The van der Waals surface area contributed by atoms with E-state index >= 15 is 0 Å². The normalized spacial score (nSPS) is 16.8. The lowest BCUT2D eigenvalue weighted by atomic mass is 9.81. The number of rotatable bonds is 31. The quantitative estimate of drug-likeness (QED) is 0.00996. The first-order valence-electron chi connectivity index (χ1n) is 20.7. The van der Waals surface area contributed by atoms with Crippen LogP contribution < -0.4 is 27.2 Å². The van der Waals surface area contributed by atoms with Crippen molar-refractivity contribution in [3.8, 4) is 0 Å². The maximum absolute atomic E-state index is 5.70. The van der Waals surface area contributed by atoms with Gasteiger partial charge in [-0.05, 0) is 139 Å². The molecule has 1 aliphatic rings. The molecule has 318 valence electrons. The first-order valence-corrected chi connectivity index (χ1v) is 25.1. The van der Waals surface area contributed by atoms with E-state index in [2.05, 4.69) is 121 Å². The summed E-state index contributed by atoms with van der Waals surface area (Å²) in [5.74, 6) is 7.10. The molecule has 0 aromatic heterocycles. The predicted octanol–water partition coefficient (Wildman–Crippen LogP) is 9.38. The third kappa shape index (κ3) is 28.6. The Hall–Kier alpha value is -1.46. The molecule has 0 bridgehead atoms. The SMILES string of the molecule is C=C.C=CCN(CNCCCCCCS)C(Cc1ccc(NC(=C)C2CCC(CP(=C)(C)S)CC2)cc1)C(=C)NCCOCCC.CNCCCCCON. The Morgan fingerprint density at radius 2 is 1.62 bits per heavy atom. The van der Waals surface area contributed by atoms with Gasteiger partial charge in [0.25, 0.3) is 0 Å². The summed E-state index contributed by atoms with van der Waals surface area (Å²) in [5.41, 5.74) is 4.55. The number of unbranched alkanes of at least 4 members (excludes halogenated alkanes) is 5. The van der Waals surface area contributed by atoms with Crippen LogP contribution in [0.5, 0.6) is 0 Å². The molecule has 2 unspecified atom stereocenters. The van der Waals surface area contributed by atoms with Gasteiger partial charge in [0.15, 0.2) is 0 Å². The second-order valence-corrected chi connectivity index (χ2v) is 21.1. The van der Waals surface area contributed by atoms with E-state index in [1.54, 1.807) is 0 Å². The molecule has 8 nitrogen and oxygen atoms in total. The topological polar surface area (TPSA) is 95.8 Å². The number of allylic oxidation sites excluding steroid dienone is 1. The number of benzene rings is 1. The smallest absolute Gasteiger partial charge is 0.0679 e. The van der Waals surface area contributed by atoms with Crippen molar-refractivity contribution in [2.45, 2.75) is 96.4 Å². The van der Waals surface area contributed by atoms with Crippen LogP contribution in [0, 0.1) is 11.8 Å². The fraction of sp³-hybridized carbons (Fsp3) is 0.659. The number of hydrogen-bond donors (Lipinski definition) is 7. The van der Waals surface area contributed by atoms with Crippen LogP contribution in [0.15, 0.2) is 74.6 Å². The molecule has 2 rings (SSSR count). The summed E-state index contributed by atoms with van der Waals surface area (Å²) in [5, 5.41) is 13.9. The third-order valence-electron chi connectivity index (χ3n) is 9.60. The van der Waals surface area contributed by atoms with E-state index in [0.29, 0.717) is 19.1 Å². The standard InChI is InChI=1S/C36H63N4OPS2.C6H16N2O.C2H4/c1-7-23-40(29-37-21-11-9-10-12-26-43)36(31(4)38-22-25-41-24-8-2)27-32-15-19-35(20-16-32)39-30(3)34-17-13-33(14-18-34)28-42(5,6)44;1-8-5-3-2-4-6-9-7;1-2/h7,15-16,19-20,33-34,36-39,43-44H,1,3-5,8-14,17-18,21-29H2,2,6H3;8H,2-7H2,1H3;1-2H2. The van der Waals surface area contributed by atoms with Crippen molar-refractivity contribution in [1.29, 1.82) is 0 Å². The van der Waals surface area contributed by atoms with Gasteiger partial charge < -0.3 is 30.8 Å². The molecule has 2 atom stereocenters. The molecule has 0 spiro atoms. The van der Waals surface area contributed by atoms with Crippen LogP contribution in [0.25, 0.3) is 0 Å². The molecule has 0 aliphatic heterocycles. The number of nitrogens with two attached hydrogens (primary N) is 1. The molecule has 0 amide bonds. The van der Waals surface area contributed by atoms with Crippen molar-refractivity contribution in [3.05, 3.63) is 80.2 Å². The number of nitrogens with one attached hydrogen (secondary N) is 4. The zero-order valence-electron chi connectivity index (χ0n) is 35.3. The molecule has 1 saturated carbocycles. The lowest BCUT2D eigenvalue weighted by molar-refractivity contribution is 0.133. The van der Waals surface area contributed by atoms with Gasteiger partial charge in [0.1, 0.15) is 0 Å². The maximum atomic E-state index is 5.70. The van der Waals surface area contributed by atoms with E-state index in [-0.39, 0.29) is 6.04 Å². The van der Waals surface area contributed by atoms with Crippen molar-refractivity contribution in [2.24, 2.45) is 17.7 Å². The molecule has 0 heterocycles. The van der Waals surface area contributed by atoms with Gasteiger partial charge in [0, 0.05) is 43.4 Å². The largest absolute Gasteiger partial charge is 0.385 e. The first-order chi connectivity index (χ1) is 26.6. The maximum Gasteiger partial charge on any atom is 0.0679 e. The van der Waals surface area contributed by atoms with Crippen molar-refractivity contribution < 1.29 is 9.57 Å². The summed E-state index contributed by atoms with van der Waals surface area (Å²) in [6.07, 6.45) is 21.4. The molecule has 0 radical (unpaired) electrons. The van der Waals surface area contributed by atoms with Crippen LogP contribution in [0.3, 0.4) is 0 Å². The molecule has 11 heteroatoms. The minimum Gasteiger partial charge on any atom is -0.385 e. The van der Waals surface area contributed by atoms with Crippen LogP contribution in [-0.2, 0) is 16.0 Å². The Morgan fingerprint density at radius 1 is 0.964 bits per heavy atom. The summed E-state index contributed by atoms with van der Waals surface area (Å²) < 4.78 is 5.70. The molecule has 6 N–H and O–H groups in total. The number of nitrogens with zero attached hydrogens (tertiary/aromatic N) is 1. The monoisotopic (exact) mass is 823 g/mol. The fourth-order valence-electron chi connectivity index (χ4n) is 6.68. The summed E-state index contributed by atoms with van der Waals surface area (Å²) in [6.45, 7) is 29.9. The van der Waals surface area contributed by atoms with Gasteiger partial charge in [0.05, 0.1) is 19.3 Å². The molecule has 1 aromatic carbocycles. The zero-order chi connectivity index (χ0) is 41.2. The van der Waals surface area contributed by atoms with Gasteiger partial charge in [-0.2, -0.15) is 24.9 Å². The third-order valence-corrected chi connectivity index (χ3v) is 11.7. The molecule has 1 aromatic rings. The summed E-state index contributed by atoms with van der Waals surface area (Å²) in [4.78, 5) is 6.83. The second kappa shape index (κ2) is 35.7. The Bertz CT molecular complexity index is 1140. The average Bonchev–Trinajstić information content (AvgIpc) is 3.17. The first kappa shape index (κ1) is 53.5. The van der Waals surface area contributed by atoms with Gasteiger partial charge in [0.2, 0.25) is 0 Å². The van der Waals surface area contributed by atoms with Crippen molar-refractivity contribution in [3.63, 3.8) is 0 Å². The Balaban J connectivity index is 0.00000231. The predicted molar refractivity (Wildman–Crippen MR) is 255 cm³/mol. The summed E-state index contributed by atoms with van der Waals surface area (Å²) in [7, 11) is 1.96. The Labute approximate surface area is 349 Å². The lowest BCUT2D eigenvalue weighted by Gasteiger charge is -2.33. The van der Waals surface area contributed by atoms with E-state index in [9.17, 15) is 0 Å². The Kier molecular flexibility index (Phi) is 34.7. The average molecular weight is 823 g/mol. The molecular formula is C44H83N6O2PS2. The van der Waals surface area contributed by atoms with E-state index in [0.717, 1.165) is 87.5 Å². The van der Waals surface area contributed by atoms with E-state index in [4.69, 9.17) is 22.9 Å².